The lowest BCUT2D eigenvalue weighted by molar-refractivity contribution is 0.312. The van der Waals surface area contributed by atoms with Crippen LogP contribution < -0.4 is 10.2 Å². The van der Waals surface area contributed by atoms with Crippen LogP contribution in [0.5, 0.6) is 0 Å². The second-order valence-electron chi connectivity index (χ2n) is 5.68. The van der Waals surface area contributed by atoms with E-state index in [0.717, 1.165) is 45.7 Å². The van der Waals surface area contributed by atoms with Crippen LogP contribution in [0.15, 0.2) is 0 Å². The molecule has 1 aromatic heterocycles. The molecule has 1 N–H and O–H groups in total. The first-order valence-corrected chi connectivity index (χ1v) is 8.61. The molecule has 114 valence electrons. The van der Waals surface area contributed by atoms with Crippen molar-refractivity contribution in [3.63, 3.8) is 0 Å². The van der Waals surface area contributed by atoms with E-state index in [9.17, 15) is 0 Å². The van der Waals surface area contributed by atoms with E-state index in [1.807, 2.05) is 11.3 Å². The molecule has 4 nitrogen and oxygen atoms in total. The van der Waals surface area contributed by atoms with Gasteiger partial charge in [-0.2, -0.15) is 0 Å². The van der Waals surface area contributed by atoms with Gasteiger partial charge in [-0.25, -0.2) is 4.98 Å². The molecular formula is C15H28N4S. The molecule has 0 aromatic carbocycles. The van der Waals surface area contributed by atoms with Crippen LogP contribution in [0, 0.1) is 0 Å². The number of nitrogens with one attached hydrogen (secondary N) is 1. The molecule has 1 saturated heterocycles. The minimum absolute atomic E-state index is 0.557. The van der Waals surface area contributed by atoms with Crippen LogP contribution in [0.4, 0.5) is 5.13 Å². The number of anilines is 1. The zero-order chi connectivity index (χ0) is 14.5. The number of rotatable bonds is 6. The Bertz CT molecular complexity index is 410. The number of hydrogen-bond acceptors (Lipinski definition) is 5. The maximum atomic E-state index is 4.97. The van der Waals surface area contributed by atoms with Gasteiger partial charge in [-0.1, -0.05) is 20.8 Å². The zero-order valence-electron chi connectivity index (χ0n) is 13.3. The van der Waals surface area contributed by atoms with Crippen LogP contribution in [0.1, 0.15) is 43.7 Å². The third-order valence-electron chi connectivity index (χ3n) is 4.10. The first-order chi connectivity index (χ1) is 9.65. The molecule has 1 aliphatic rings. The lowest BCUT2D eigenvalue weighted by atomic mass is 10.0. The van der Waals surface area contributed by atoms with E-state index in [1.165, 1.54) is 15.7 Å². The summed E-state index contributed by atoms with van der Waals surface area (Å²) in [6, 6.07) is 0. The van der Waals surface area contributed by atoms with Crippen molar-refractivity contribution in [2.24, 2.45) is 0 Å². The van der Waals surface area contributed by atoms with Crippen molar-refractivity contribution < 1.29 is 0 Å². The summed E-state index contributed by atoms with van der Waals surface area (Å²) in [4.78, 5) is 11.2. The molecule has 1 atom stereocenters. The minimum Gasteiger partial charge on any atom is -0.346 e. The van der Waals surface area contributed by atoms with Gasteiger partial charge in [0.2, 0.25) is 0 Å². The predicted octanol–water partition coefficient (Wildman–Crippen LogP) is 2.52. The van der Waals surface area contributed by atoms with Gasteiger partial charge in [0.15, 0.2) is 5.13 Å². The first kappa shape index (κ1) is 15.7. The van der Waals surface area contributed by atoms with Crippen LogP contribution in [0.25, 0.3) is 0 Å². The van der Waals surface area contributed by atoms with Gasteiger partial charge in [-0.05, 0) is 25.9 Å². The fourth-order valence-corrected chi connectivity index (χ4v) is 3.63. The van der Waals surface area contributed by atoms with E-state index in [4.69, 9.17) is 4.98 Å². The van der Waals surface area contributed by atoms with Gasteiger partial charge < -0.3 is 15.1 Å². The number of nitrogens with zero attached hydrogens (tertiary/aromatic N) is 3. The molecule has 20 heavy (non-hydrogen) atoms. The second-order valence-corrected chi connectivity index (χ2v) is 6.75. The number of hydrogen-bond donors (Lipinski definition) is 1. The number of piperazine rings is 1. The topological polar surface area (TPSA) is 31.4 Å². The first-order valence-electron chi connectivity index (χ1n) is 7.79. The Labute approximate surface area is 127 Å². The summed E-state index contributed by atoms with van der Waals surface area (Å²) in [6.07, 6.45) is 1.16. The average molecular weight is 296 g/mol. The molecule has 1 unspecified atom stereocenters. The largest absolute Gasteiger partial charge is 0.346 e. The SMILES string of the molecule is CCNCc1sc(N2CCN(C)CC2)nc1C(C)CC. The Morgan fingerprint density at radius 3 is 2.55 bits per heavy atom. The third-order valence-corrected chi connectivity index (χ3v) is 5.24. The van der Waals surface area contributed by atoms with E-state index in [2.05, 4.69) is 42.9 Å². The van der Waals surface area contributed by atoms with E-state index < -0.39 is 0 Å². The second kappa shape index (κ2) is 7.38. The van der Waals surface area contributed by atoms with E-state index in [0.29, 0.717) is 5.92 Å². The highest BCUT2D eigenvalue weighted by molar-refractivity contribution is 7.15. The lowest BCUT2D eigenvalue weighted by Gasteiger charge is -2.32. The molecule has 0 spiro atoms. The average Bonchev–Trinajstić information content (AvgIpc) is 2.89. The highest BCUT2D eigenvalue weighted by Gasteiger charge is 2.21. The van der Waals surface area contributed by atoms with Gasteiger partial charge in [-0.15, -0.1) is 11.3 Å². The van der Waals surface area contributed by atoms with Gasteiger partial charge in [0.25, 0.3) is 0 Å². The quantitative estimate of drug-likeness (QED) is 0.874. The molecule has 1 aliphatic heterocycles. The van der Waals surface area contributed by atoms with Gasteiger partial charge in [-0.3, -0.25) is 0 Å². The van der Waals surface area contributed by atoms with E-state index in [-0.39, 0.29) is 0 Å². The number of aromatic nitrogens is 1. The van der Waals surface area contributed by atoms with Gasteiger partial charge >= 0.3 is 0 Å². The Balaban J connectivity index is 2.14. The lowest BCUT2D eigenvalue weighted by Crippen LogP contribution is -2.44. The van der Waals surface area contributed by atoms with E-state index >= 15 is 0 Å². The monoisotopic (exact) mass is 296 g/mol. The highest BCUT2D eigenvalue weighted by Crippen LogP contribution is 2.32. The van der Waals surface area contributed by atoms with Crippen molar-refractivity contribution in [1.29, 1.82) is 0 Å². The van der Waals surface area contributed by atoms with Crippen molar-refractivity contribution in [3.8, 4) is 0 Å². The van der Waals surface area contributed by atoms with Crippen molar-refractivity contribution in [2.45, 2.75) is 39.7 Å². The summed E-state index contributed by atoms with van der Waals surface area (Å²) < 4.78 is 0. The summed E-state index contributed by atoms with van der Waals surface area (Å²) in [5.74, 6) is 0.557. The van der Waals surface area contributed by atoms with Crippen LogP contribution in [-0.4, -0.2) is 49.7 Å². The van der Waals surface area contributed by atoms with Crippen LogP contribution in [0.3, 0.4) is 0 Å². The zero-order valence-corrected chi connectivity index (χ0v) is 14.1. The normalized spacial score (nSPS) is 18.5. The maximum absolute atomic E-state index is 4.97. The minimum atomic E-state index is 0.557. The van der Waals surface area contributed by atoms with Crippen LogP contribution in [-0.2, 0) is 6.54 Å². The van der Waals surface area contributed by atoms with Crippen LogP contribution >= 0.6 is 11.3 Å². The van der Waals surface area contributed by atoms with Crippen molar-refractivity contribution in [1.82, 2.24) is 15.2 Å². The predicted molar refractivity (Wildman–Crippen MR) is 87.9 cm³/mol. The third kappa shape index (κ3) is 3.71. The number of thiazole rings is 1. The van der Waals surface area contributed by atoms with Crippen molar-refractivity contribution >= 4 is 16.5 Å². The summed E-state index contributed by atoms with van der Waals surface area (Å²) in [5, 5.41) is 4.67. The Kier molecular flexibility index (Phi) is 5.81. The van der Waals surface area contributed by atoms with Gasteiger partial charge in [0.05, 0.1) is 5.69 Å². The summed E-state index contributed by atoms with van der Waals surface area (Å²) in [7, 11) is 2.19. The standard InChI is InChI=1S/C15H28N4S/c1-5-12(3)14-13(11-16-6-2)20-15(17-14)19-9-7-18(4)8-10-19/h12,16H,5-11H2,1-4H3. The molecular weight excluding hydrogens is 268 g/mol. The summed E-state index contributed by atoms with van der Waals surface area (Å²) in [6.45, 7) is 13.2. The maximum Gasteiger partial charge on any atom is 0.185 e. The molecule has 0 aliphatic carbocycles. The Hall–Kier alpha value is -0.650. The molecule has 1 aromatic rings. The molecule has 0 radical (unpaired) electrons. The molecule has 1 fully saturated rings. The van der Waals surface area contributed by atoms with Gasteiger partial charge in [0, 0.05) is 37.6 Å². The highest BCUT2D eigenvalue weighted by atomic mass is 32.1. The van der Waals surface area contributed by atoms with Crippen LogP contribution in [0.2, 0.25) is 0 Å². The Morgan fingerprint density at radius 1 is 1.25 bits per heavy atom. The van der Waals surface area contributed by atoms with Crippen molar-refractivity contribution in [3.05, 3.63) is 10.6 Å². The van der Waals surface area contributed by atoms with Gasteiger partial charge in [0.1, 0.15) is 0 Å². The smallest absolute Gasteiger partial charge is 0.185 e. The summed E-state index contributed by atoms with van der Waals surface area (Å²) in [5.41, 5.74) is 1.31. The van der Waals surface area contributed by atoms with Crippen molar-refractivity contribution in [2.75, 3.05) is 44.7 Å². The molecule has 2 rings (SSSR count). The fourth-order valence-electron chi connectivity index (χ4n) is 2.43. The molecule has 5 heteroatoms. The van der Waals surface area contributed by atoms with E-state index in [1.54, 1.807) is 0 Å². The molecule has 0 amide bonds. The molecule has 0 saturated carbocycles. The molecule has 2 heterocycles. The fraction of sp³-hybridized carbons (Fsp3) is 0.800. The Morgan fingerprint density at radius 2 is 1.95 bits per heavy atom. The molecule has 0 bridgehead atoms. The summed E-state index contributed by atoms with van der Waals surface area (Å²) >= 11 is 1.88. The number of likely N-dealkylation sites (N-methyl/N-ethyl adjacent to an activating group) is 1.